The van der Waals surface area contributed by atoms with Gasteiger partial charge in [0.15, 0.2) is 0 Å². The topological polar surface area (TPSA) is 65.2 Å². The first-order valence-corrected chi connectivity index (χ1v) is 4.75. The molecule has 2 N–H and O–H groups in total. The van der Waals surface area contributed by atoms with Crippen LogP contribution in [0.2, 0.25) is 0 Å². The van der Waals surface area contributed by atoms with E-state index in [1.807, 2.05) is 0 Å². The van der Waals surface area contributed by atoms with Crippen molar-refractivity contribution in [2.24, 2.45) is 10.2 Å². The standard InChI is InChI=1S/C12H10N2O2.Co/c15-11-7-3-1-5-9(11)13-14-10-6-2-4-8-12(10)16;/h1-8,15-16H;. The minimum atomic E-state index is 0. The molecule has 0 amide bonds. The molecule has 5 heteroatoms. The van der Waals surface area contributed by atoms with Crippen molar-refractivity contribution in [3.05, 3.63) is 48.5 Å². The van der Waals surface area contributed by atoms with Crippen LogP contribution in [0.15, 0.2) is 58.8 Å². The van der Waals surface area contributed by atoms with Gasteiger partial charge in [-0.15, -0.1) is 10.2 Å². The van der Waals surface area contributed by atoms with Crippen LogP contribution in [-0.4, -0.2) is 10.2 Å². The van der Waals surface area contributed by atoms with Gasteiger partial charge >= 0.3 is 0 Å². The van der Waals surface area contributed by atoms with Gasteiger partial charge in [0.2, 0.25) is 0 Å². The summed E-state index contributed by atoms with van der Waals surface area (Å²) in [5.41, 5.74) is 0.733. The van der Waals surface area contributed by atoms with E-state index in [9.17, 15) is 10.2 Å². The summed E-state index contributed by atoms with van der Waals surface area (Å²) in [4.78, 5) is 0. The molecule has 0 aromatic heterocycles. The summed E-state index contributed by atoms with van der Waals surface area (Å²) in [6, 6.07) is 13.2. The third kappa shape index (κ3) is 3.30. The maximum Gasteiger partial charge on any atom is 0.143 e. The van der Waals surface area contributed by atoms with Crippen LogP contribution < -0.4 is 0 Å². The van der Waals surface area contributed by atoms with Crippen molar-refractivity contribution in [1.29, 1.82) is 0 Å². The largest absolute Gasteiger partial charge is 0.506 e. The SMILES string of the molecule is Oc1ccccc1N=Nc1ccccc1O.[Co]. The number of hydrogen-bond acceptors (Lipinski definition) is 4. The van der Waals surface area contributed by atoms with Crippen molar-refractivity contribution in [2.75, 3.05) is 0 Å². The number of benzene rings is 2. The second-order valence-corrected chi connectivity index (χ2v) is 3.18. The molecule has 4 nitrogen and oxygen atoms in total. The fraction of sp³-hybridized carbons (Fsp3) is 0. The van der Waals surface area contributed by atoms with Crippen LogP contribution in [0, 0.1) is 0 Å². The predicted octanol–water partition coefficient (Wildman–Crippen LogP) is 3.51. The Morgan fingerprint density at radius 1 is 0.647 bits per heavy atom. The van der Waals surface area contributed by atoms with Gasteiger partial charge in [-0.1, -0.05) is 24.3 Å². The number of rotatable bonds is 2. The van der Waals surface area contributed by atoms with Crippen LogP contribution in [0.1, 0.15) is 0 Å². The van der Waals surface area contributed by atoms with E-state index in [0.717, 1.165) is 0 Å². The second kappa shape index (κ2) is 6.02. The minimum absolute atomic E-state index is 0. The molecular weight excluding hydrogens is 263 g/mol. The minimum Gasteiger partial charge on any atom is -0.506 e. The zero-order valence-corrected chi connectivity index (χ0v) is 9.78. The Balaban J connectivity index is 0.00000144. The van der Waals surface area contributed by atoms with Crippen LogP contribution in [0.4, 0.5) is 11.4 Å². The Kier molecular flexibility index (Phi) is 4.68. The maximum atomic E-state index is 9.44. The Bertz CT molecular complexity index is 482. The van der Waals surface area contributed by atoms with Gasteiger partial charge in [0.25, 0.3) is 0 Å². The molecule has 1 radical (unpaired) electrons. The third-order valence-corrected chi connectivity index (χ3v) is 2.03. The first-order valence-electron chi connectivity index (χ1n) is 4.75. The predicted molar refractivity (Wildman–Crippen MR) is 60.4 cm³/mol. The molecule has 0 aliphatic rings. The van der Waals surface area contributed by atoms with Gasteiger partial charge in [-0.25, -0.2) is 0 Å². The van der Waals surface area contributed by atoms with E-state index in [0.29, 0.717) is 11.4 Å². The molecule has 2 aromatic rings. The molecule has 0 aliphatic heterocycles. The molecule has 2 rings (SSSR count). The van der Waals surface area contributed by atoms with E-state index in [1.165, 1.54) is 12.1 Å². The summed E-state index contributed by atoms with van der Waals surface area (Å²) in [5, 5.41) is 26.6. The van der Waals surface area contributed by atoms with Gasteiger partial charge in [0, 0.05) is 16.8 Å². The van der Waals surface area contributed by atoms with Crippen molar-refractivity contribution in [3.63, 3.8) is 0 Å². The molecule has 0 unspecified atom stereocenters. The van der Waals surface area contributed by atoms with Gasteiger partial charge < -0.3 is 10.2 Å². The summed E-state index contributed by atoms with van der Waals surface area (Å²) < 4.78 is 0. The molecule has 0 spiro atoms. The number of aromatic hydroxyl groups is 2. The summed E-state index contributed by atoms with van der Waals surface area (Å²) >= 11 is 0. The number of nitrogens with zero attached hydrogens (tertiary/aromatic N) is 2. The number of hydrogen-bond donors (Lipinski definition) is 2. The molecule has 0 fully saturated rings. The Hall–Kier alpha value is -1.85. The van der Waals surface area contributed by atoms with Crippen molar-refractivity contribution in [3.8, 4) is 11.5 Å². The maximum absolute atomic E-state index is 9.44. The number of azo groups is 1. The van der Waals surface area contributed by atoms with Crippen LogP contribution in [0.5, 0.6) is 11.5 Å². The second-order valence-electron chi connectivity index (χ2n) is 3.18. The fourth-order valence-corrected chi connectivity index (χ4v) is 1.21. The van der Waals surface area contributed by atoms with Crippen LogP contribution in [-0.2, 0) is 16.8 Å². The number of para-hydroxylation sites is 2. The Morgan fingerprint density at radius 3 is 1.35 bits per heavy atom. The quantitative estimate of drug-likeness (QED) is 0.822. The van der Waals surface area contributed by atoms with Gasteiger partial charge in [0.1, 0.15) is 22.9 Å². The molecule has 0 saturated carbocycles. The molecule has 0 saturated heterocycles. The number of phenolic OH excluding ortho intramolecular Hbond substituents is 2. The van der Waals surface area contributed by atoms with Crippen molar-refractivity contribution in [2.45, 2.75) is 0 Å². The fourth-order valence-electron chi connectivity index (χ4n) is 1.21. The van der Waals surface area contributed by atoms with E-state index >= 15 is 0 Å². The first-order chi connectivity index (χ1) is 7.77. The van der Waals surface area contributed by atoms with Crippen LogP contribution >= 0.6 is 0 Å². The van der Waals surface area contributed by atoms with E-state index in [2.05, 4.69) is 10.2 Å². The summed E-state index contributed by atoms with van der Waals surface area (Å²) in [7, 11) is 0. The average Bonchev–Trinajstić information content (AvgIpc) is 2.30. The van der Waals surface area contributed by atoms with Crippen molar-refractivity contribution < 1.29 is 27.0 Å². The monoisotopic (exact) mass is 273 g/mol. The Morgan fingerprint density at radius 2 is 1.00 bits per heavy atom. The van der Waals surface area contributed by atoms with E-state index in [-0.39, 0.29) is 28.3 Å². The van der Waals surface area contributed by atoms with Gasteiger partial charge in [-0.05, 0) is 24.3 Å². The molecule has 2 aromatic carbocycles. The van der Waals surface area contributed by atoms with Crippen molar-refractivity contribution >= 4 is 11.4 Å². The molecule has 0 aliphatic carbocycles. The average molecular weight is 273 g/mol. The first kappa shape index (κ1) is 13.2. The van der Waals surface area contributed by atoms with E-state index in [4.69, 9.17) is 0 Å². The molecule has 17 heavy (non-hydrogen) atoms. The summed E-state index contributed by atoms with van der Waals surface area (Å²) in [6.07, 6.45) is 0. The molecule has 0 heterocycles. The molecule has 0 atom stereocenters. The van der Waals surface area contributed by atoms with Crippen molar-refractivity contribution in [1.82, 2.24) is 0 Å². The summed E-state index contributed by atoms with van der Waals surface area (Å²) in [5.74, 6) is 0.114. The molecular formula is C12H10CoN2O2. The smallest absolute Gasteiger partial charge is 0.143 e. The number of phenols is 2. The zero-order valence-electron chi connectivity index (χ0n) is 8.74. The van der Waals surface area contributed by atoms with Gasteiger partial charge in [-0.2, -0.15) is 0 Å². The summed E-state index contributed by atoms with van der Waals surface area (Å²) in [6.45, 7) is 0. The van der Waals surface area contributed by atoms with E-state index in [1.54, 1.807) is 36.4 Å². The zero-order chi connectivity index (χ0) is 11.4. The van der Waals surface area contributed by atoms with Crippen LogP contribution in [0.3, 0.4) is 0 Å². The molecule has 0 bridgehead atoms. The normalized spacial score (nSPS) is 10.1. The van der Waals surface area contributed by atoms with Crippen LogP contribution in [0.25, 0.3) is 0 Å². The molecule has 89 valence electrons. The van der Waals surface area contributed by atoms with Gasteiger partial charge in [0.05, 0.1) is 0 Å². The third-order valence-electron chi connectivity index (χ3n) is 2.03. The Labute approximate surface area is 109 Å². The van der Waals surface area contributed by atoms with E-state index < -0.39 is 0 Å². The van der Waals surface area contributed by atoms with Gasteiger partial charge in [-0.3, -0.25) is 0 Å².